The van der Waals surface area contributed by atoms with Gasteiger partial charge in [-0.15, -0.1) is 0 Å². The maximum atomic E-state index is 12.9. The third-order valence-corrected chi connectivity index (χ3v) is 5.88. The molecule has 0 spiro atoms. The number of rotatable bonds is 3. The molecule has 1 aromatic heterocycles. The van der Waals surface area contributed by atoms with Gasteiger partial charge in [0.05, 0.1) is 5.69 Å². The standard InChI is InChI=1S/C19H28N4O/c1-13-2-4-14(5-3-13)19(24)23-10-8-16-17(9-11-23)20-12-21-18(16)22-15-6-7-15/h12-15H,2-11H2,1H3,(H,20,21,22). The number of hydrogen-bond acceptors (Lipinski definition) is 4. The number of anilines is 1. The van der Waals surface area contributed by atoms with Gasteiger partial charge in [-0.3, -0.25) is 4.79 Å². The lowest BCUT2D eigenvalue weighted by molar-refractivity contribution is -0.136. The van der Waals surface area contributed by atoms with E-state index in [9.17, 15) is 4.79 Å². The molecule has 3 aliphatic rings. The highest BCUT2D eigenvalue weighted by atomic mass is 16.2. The lowest BCUT2D eigenvalue weighted by atomic mass is 9.82. The molecule has 0 unspecified atom stereocenters. The molecule has 2 heterocycles. The zero-order chi connectivity index (χ0) is 16.5. The fraction of sp³-hybridized carbons (Fsp3) is 0.737. The zero-order valence-electron chi connectivity index (χ0n) is 14.6. The topological polar surface area (TPSA) is 58.1 Å². The SMILES string of the molecule is CC1CCC(C(=O)N2CCc3ncnc(NC4CC4)c3CC2)CC1. The van der Waals surface area contributed by atoms with E-state index >= 15 is 0 Å². The molecule has 0 bridgehead atoms. The molecule has 2 fully saturated rings. The average Bonchev–Trinajstić information content (AvgIpc) is 3.41. The summed E-state index contributed by atoms with van der Waals surface area (Å²) in [5, 5.41) is 3.53. The van der Waals surface area contributed by atoms with Crippen LogP contribution in [0.15, 0.2) is 6.33 Å². The maximum Gasteiger partial charge on any atom is 0.225 e. The Morgan fingerprint density at radius 1 is 1.08 bits per heavy atom. The van der Waals surface area contributed by atoms with E-state index in [-0.39, 0.29) is 5.92 Å². The van der Waals surface area contributed by atoms with Crippen LogP contribution in [0.4, 0.5) is 5.82 Å². The molecule has 2 saturated carbocycles. The number of carbonyl (C=O) groups is 1. The van der Waals surface area contributed by atoms with Crippen molar-refractivity contribution >= 4 is 11.7 Å². The van der Waals surface area contributed by atoms with Crippen molar-refractivity contribution in [1.82, 2.24) is 14.9 Å². The van der Waals surface area contributed by atoms with Crippen LogP contribution in [0.1, 0.15) is 56.7 Å². The normalized spacial score (nSPS) is 27.3. The minimum absolute atomic E-state index is 0.248. The van der Waals surface area contributed by atoms with Crippen molar-refractivity contribution in [3.8, 4) is 0 Å². The first-order chi connectivity index (χ1) is 11.7. The maximum absolute atomic E-state index is 12.9. The minimum Gasteiger partial charge on any atom is -0.367 e. The first kappa shape index (κ1) is 15.9. The van der Waals surface area contributed by atoms with Gasteiger partial charge < -0.3 is 10.2 Å². The molecule has 130 valence electrons. The van der Waals surface area contributed by atoms with E-state index in [2.05, 4.69) is 27.1 Å². The van der Waals surface area contributed by atoms with Crippen molar-refractivity contribution in [3.05, 3.63) is 17.6 Å². The van der Waals surface area contributed by atoms with E-state index in [1.165, 1.54) is 31.2 Å². The summed E-state index contributed by atoms with van der Waals surface area (Å²) in [5.74, 6) is 2.41. The molecule has 2 aliphatic carbocycles. The lowest BCUT2D eigenvalue weighted by Gasteiger charge is -2.30. The first-order valence-corrected chi connectivity index (χ1v) is 9.59. The number of amides is 1. The summed E-state index contributed by atoms with van der Waals surface area (Å²) in [5.41, 5.74) is 2.36. The van der Waals surface area contributed by atoms with Gasteiger partial charge >= 0.3 is 0 Å². The summed E-state index contributed by atoms with van der Waals surface area (Å²) in [7, 11) is 0. The summed E-state index contributed by atoms with van der Waals surface area (Å²) in [6.45, 7) is 3.92. The zero-order valence-corrected chi connectivity index (χ0v) is 14.6. The van der Waals surface area contributed by atoms with Crippen molar-refractivity contribution in [2.24, 2.45) is 11.8 Å². The Kier molecular flexibility index (Phi) is 4.42. The monoisotopic (exact) mass is 328 g/mol. The van der Waals surface area contributed by atoms with E-state index in [0.717, 1.165) is 56.2 Å². The summed E-state index contributed by atoms with van der Waals surface area (Å²) < 4.78 is 0. The molecular weight excluding hydrogens is 300 g/mol. The predicted molar refractivity (Wildman–Crippen MR) is 93.8 cm³/mol. The molecule has 5 heteroatoms. The average molecular weight is 328 g/mol. The molecular formula is C19H28N4O. The fourth-order valence-electron chi connectivity index (χ4n) is 4.06. The molecule has 0 atom stereocenters. The van der Waals surface area contributed by atoms with E-state index in [1.807, 2.05) is 0 Å². The van der Waals surface area contributed by atoms with Crippen molar-refractivity contribution in [3.63, 3.8) is 0 Å². The van der Waals surface area contributed by atoms with E-state index in [1.54, 1.807) is 6.33 Å². The van der Waals surface area contributed by atoms with Gasteiger partial charge in [0.1, 0.15) is 12.1 Å². The van der Waals surface area contributed by atoms with E-state index in [0.29, 0.717) is 11.9 Å². The molecule has 1 N–H and O–H groups in total. The number of carbonyl (C=O) groups excluding carboxylic acids is 1. The Bertz CT molecular complexity index is 605. The largest absolute Gasteiger partial charge is 0.367 e. The molecule has 0 saturated heterocycles. The van der Waals surface area contributed by atoms with Gasteiger partial charge in [-0.1, -0.05) is 6.92 Å². The van der Waals surface area contributed by atoms with Gasteiger partial charge in [0.2, 0.25) is 5.91 Å². The first-order valence-electron chi connectivity index (χ1n) is 9.59. The van der Waals surface area contributed by atoms with Crippen molar-refractivity contribution in [2.75, 3.05) is 18.4 Å². The summed E-state index contributed by atoms with van der Waals surface area (Å²) in [6, 6.07) is 0.592. The third-order valence-electron chi connectivity index (χ3n) is 5.88. The van der Waals surface area contributed by atoms with Crippen molar-refractivity contribution in [1.29, 1.82) is 0 Å². The second-order valence-corrected chi connectivity index (χ2v) is 7.85. The van der Waals surface area contributed by atoms with Crippen LogP contribution >= 0.6 is 0 Å². The number of nitrogens with zero attached hydrogens (tertiary/aromatic N) is 3. The molecule has 24 heavy (non-hydrogen) atoms. The van der Waals surface area contributed by atoms with Gasteiger partial charge in [0.25, 0.3) is 0 Å². The van der Waals surface area contributed by atoms with Crippen LogP contribution < -0.4 is 5.32 Å². The molecule has 0 radical (unpaired) electrons. The van der Waals surface area contributed by atoms with Gasteiger partial charge in [-0.05, 0) is 50.9 Å². The fourth-order valence-corrected chi connectivity index (χ4v) is 4.06. The van der Waals surface area contributed by atoms with Crippen LogP contribution in [0, 0.1) is 11.8 Å². The van der Waals surface area contributed by atoms with Gasteiger partial charge in [-0.2, -0.15) is 0 Å². The molecule has 0 aromatic carbocycles. The summed E-state index contributed by atoms with van der Waals surface area (Å²) >= 11 is 0. The van der Waals surface area contributed by atoms with E-state index < -0.39 is 0 Å². The summed E-state index contributed by atoms with van der Waals surface area (Å²) in [6.07, 6.45) is 10.4. The number of hydrogen-bond donors (Lipinski definition) is 1. The smallest absolute Gasteiger partial charge is 0.225 e. The third kappa shape index (κ3) is 3.40. The number of nitrogens with one attached hydrogen (secondary N) is 1. The lowest BCUT2D eigenvalue weighted by Crippen LogP contribution is -2.39. The highest BCUT2D eigenvalue weighted by molar-refractivity contribution is 5.79. The summed E-state index contributed by atoms with van der Waals surface area (Å²) in [4.78, 5) is 23.9. The second kappa shape index (κ2) is 6.69. The Balaban J connectivity index is 1.43. The van der Waals surface area contributed by atoms with Crippen LogP contribution in [0.3, 0.4) is 0 Å². The van der Waals surface area contributed by atoms with Gasteiger partial charge in [-0.25, -0.2) is 9.97 Å². The highest BCUT2D eigenvalue weighted by Gasteiger charge is 2.30. The molecule has 1 aliphatic heterocycles. The predicted octanol–water partition coefficient (Wildman–Crippen LogP) is 2.80. The number of aromatic nitrogens is 2. The molecule has 1 amide bonds. The van der Waals surface area contributed by atoms with E-state index in [4.69, 9.17) is 0 Å². The Labute approximate surface area is 144 Å². The molecule has 1 aromatic rings. The second-order valence-electron chi connectivity index (χ2n) is 7.85. The van der Waals surface area contributed by atoms with Crippen molar-refractivity contribution < 1.29 is 4.79 Å². The minimum atomic E-state index is 0.248. The number of fused-ring (bicyclic) bond motifs is 1. The van der Waals surface area contributed by atoms with Crippen LogP contribution in [0.25, 0.3) is 0 Å². The van der Waals surface area contributed by atoms with Gasteiger partial charge in [0, 0.05) is 37.0 Å². The Morgan fingerprint density at radius 2 is 1.83 bits per heavy atom. The molecule has 4 rings (SSSR count). The van der Waals surface area contributed by atoms with Gasteiger partial charge in [0.15, 0.2) is 0 Å². The Morgan fingerprint density at radius 3 is 2.58 bits per heavy atom. The highest BCUT2D eigenvalue weighted by Crippen LogP contribution is 2.31. The van der Waals surface area contributed by atoms with Crippen LogP contribution in [-0.2, 0) is 17.6 Å². The van der Waals surface area contributed by atoms with Crippen LogP contribution in [-0.4, -0.2) is 39.9 Å². The van der Waals surface area contributed by atoms with Crippen LogP contribution in [0.5, 0.6) is 0 Å². The molecule has 5 nitrogen and oxygen atoms in total. The quantitative estimate of drug-likeness (QED) is 0.927. The Hall–Kier alpha value is -1.65. The van der Waals surface area contributed by atoms with Crippen molar-refractivity contribution in [2.45, 2.75) is 64.3 Å². The van der Waals surface area contributed by atoms with Crippen LogP contribution in [0.2, 0.25) is 0 Å².